The number of benzene rings is 2. The van der Waals surface area contributed by atoms with Crippen molar-refractivity contribution >= 4 is 34.0 Å². The maximum atomic E-state index is 13.1. The van der Waals surface area contributed by atoms with E-state index in [2.05, 4.69) is 10.6 Å². The lowest BCUT2D eigenvalue weighted by Crippen LogP contribution is -2.42. The van der Waals surface area contributed by atoms with Gasteiger partial charge in [0.1, 0.15) is 5.82 Å². The van der Waals surface area contributed by atoms with E-state index in [1.165, 1.54) is 22.8 Å². The van der Waals surface area contributed by atoms with Crippen LogP contribution in [0.5, 0.6) is 0 Å². The SMILES string of the molecule is Cn1c(=O)ccc2ccc(NC(=O)C(=O)NC3CC=C(c4ccc(F)cc4)CC3)cc21. The van der Waals surface area contributed by atoms with Gasteiger partial charge in [-0.15, -0.1) is 0 Å². The van der Waals surface area contributed by atoms with Crippen LogP contribution in [0.15, 0.2) is 65.5 Å². The van der Waals surface area contributed by atoms with Gasteiger partial charge in [0.15, 0.2) is 0 Å². The van der Waals surface area contributed by atoms with E-state index < -0.39 is 11.8 Å². The van der Waals surface area contributed by atoms with Gasteiger partial charge in [0.25, 0.3) is 5.56 Å². The number of amides is 2. The van der Waals surface area contributed by atoms with E-state index in [0.717, 1.165) is 22.9 Å². The number of pyridine rings is 1. The van der Waals surface area contributed by atoms with Crippen molar-refractivity contribution in [3.05, 3.63) is 82.4 Å². The molecular formula is C24H22FN3O3. The van der Waals surface area contributed by atoms with Crippen molar-refractivity contribution in [2.24, 2.45) is 7.05 Å². The van der Waals surface area contributed by atoms with Crippen molar-refractivity contribution in [3.8, 4) is 0 Å². The molecule has 31 heavy (non-hydrogen) atoms. The highest BCUT2D eigenvalue weighted by Gasteiger charge is 2.21. The predicted molar refractivity (Wildman–Crippen MR) is 118 cm³/mol. The Labute approximate surface area is 178 Å². The minimum absolute atomic E-state index is 0.139. The number of hydrogen-bond donors (Lipinski definition) is 2. The summed E-state index contributed by atoms with van der Waals surface area (Å²) in [7, 11) is 1.65. The highest BCUT2D eigenvalue weighted by Crippen LogP contribution is 2.27. The molecular weight excluding hydrogens is 397 g/mol. The van der Waals surface area contributed by atoms with E-state index in [1.54, 1.807) is 43.4 Å². The molecule has 2 amide bonds. The summed E-state index contributed by atoms with van der Waals surface area (Å²) in [4.78, 5) is 36.5. The van der Waals surface area contributed by atoms with Crippen LogP contribution in [0.3, 0.4) is 0 Å². The van der Waals surface area contributed by atoms with Crippen molar-refractivity contribution in [1.82, 2.24) is 9.88 Å². The molecule has 4 rings (SSSR count). The van der Waals surface area contributed by atoms with Gasteiger partial charge in [-0.2, -0.15) is 0 Å². The number of allylic oxidation sites excluding steroid dienone is 1. The molecule has 1 aromatic heterocycles. The van der Waals surface area contributed by atoms with Crippen molar-refractivity contribution in [3.63, 3.8) is 0 Å². The molecule has 1 aliphatic rings. The Hall–Kier alpha value is -3.74. The Bertz CT molecular complexity index is 1250. The molecule has 0 spiro atoms. The molecule has 158 valence electrons. The molecule has 0 aliphatic heterocycles. The quantitative estimate of drug-likeness (QED) is 0.639. The number of anilines is 1. The molecule has 1 aliphatic carbocycles. The zero-order valence-corrected chi connectivity index (χ0v) is 17.0. The van der Waals surface area contributed by atoms with Crippen LogP contribution in [0.2, 0.25) is 0 Å². The maximum Gasteiger partial charge on any atom is 0.313 e. The zero-order valence-electron chi connectivity index (χ0n) is 17.0. The number of hydrogen-bond acceptors (Lipinski definition) is 3. The molecule has 0 bridgehead atoms. The fraction of sp³-hybridized carbons (Fsp3) is 0.208. The fourth-order valence-corrected chi connectivity index (χ4v) is 3.77. The van der Waals surface area contributed by atoms with Crippen LogP contribution < -0.4 is 16.2 Å². The van der Waals surface area contributed by atoms with Crippen molar-refractivity contribution in [2.75, 3.05) is 5.32 Å². The zero-order chi connectivity index (χ0) is 22.0. The molecule has 1 unspecified atom stereocenters. The van der Waals surface area contributed by atoms with Gasteiger partial charge < -0.3 is 15.2 Å². The van der Waals surface area contributed by atoms with Crippen molar-refractivity contribution in [2.45, 2.75) is 25.3 Å². The molecule has 0 saturated heterocycles. The molecule has 2 N–H and O–H groups in total. The maximum absolute atomic E-state index is 13.1. The monoisotopic (exact) mass is 419 g/mol. The second-order valence-corrected chi connectivity index (χ2v) is 7.64. The van der Waals surface area contributed by atoms with Gasteiger partial charge in [-0.1, -0.05) is 24.3 Å². The molecule has 6 nitrogen and oxygen atoms in total. The number of halogens is 1. The normalized spacial score (nSPS) is 15.9. The standard InChI is InChI=1S/C24H22FN3O3/c1-28-21-14-20(12-6-17(21)7-13-22(28)29)27-24(31)23(30)26-19-10-4-16(5-11-19)15-2-8-18(25)9-3-15/h2-4,6-9,12-14,19H,5,10-11H2,1H3,(H,26,30)(H,27,31). The summed E-state index contributed by atoms with van der Waals surface area (Å²) < 4.78 is 14.6. The molecule has 1 atom stereocenters. The first kappa shape index (κ1) is 20.5. The van der Waals surface area contributed by atoms with Gasteiger partial charge in [-0.05, 0) is 66.1 Å². The Morgan fingerprint density at radius 3 is 2.48 bits per heavy atom. The van der Waals surface area contributed by atoms with Crippen LogP contribution >= 0.6 is 0 Å². The van der Waals surface area contributed by atoms with E-state index in [9.17, 15) is 18.8 Å². The molecule has 3 aromatic rings. The van der Waals surface area contributed by atoms with Gasteiger partial charge in [0.05, 0.1) is 5.52 Å². The van der Waals surface area contributed by atoms with Crippen molar-refractivity contribution in [1.29, 1.82) is 0 Å². The summed E-state index contributed by atoms with van der Waals surface area (Å²) in [5.74, 6) is -1.73. The predicted octanol–water partition coefficient (Wildman–Crippen LogP) is 3.37. The molecule has 7 heteroatoms. The number of aromatic nitrogens is 1. The molecule has 0 radical (unpaired) electrons. The third kappa shape index (κ3) is 4.55. The fourth-order valence-electron chi connectivity index (χ4n) is 3.77. The Kier molecular flexibility index (Phi) is 5.66. The summed E-state index contributed by atoms with van der Waals surface area (Å²) in [6, 6.07) is 14.5. The molecule has 0 saturated carbocycles. The number of aryl methyl sites for hydroxylation is 1. The molecule has 1 heterocycles. The lowest BCUT2D eigenvalue weighted by Gasteiger charge is -2.23. The minimum atomic E-state index is -0.756. The average Bonchev–Trinajstić information content (AvgIpc) is 2.78. The van der Waals surface area contributed by atoms with Crippen LogP contribution in [-0.2, 0) is 16.6 Å². The molecule has 2 aromatic carbocycles. The van der Waals surface area contributed by atoms with Gasteiger partial charge in [-0.3, -0.25) is 14.4 Å². The summed E-state index contributed by atoms with van der Waals surface area (Å²) in [6.07, 6.45) is 4.05. The van der Waals surface area contributed by atoms with Crippen LogP contribution in [0.1, 0.15) is 24.8 Å². The second kappa shape index (κ2) is 8.55. The highest BCUT2D eigenvalue weighted by atomic mass is 19.1. The third-order valence-electron chi connectivity index (χ3n) is 5.55. The first-order chi connectivity index (χ1) is 14.9. The van der Waals surface area contributed by atoms with Gasteiger partial charge in [0, 0.05) is 24.8 Å². The van der Waals surface area contributed by atoms with Gasteiger partial charge >= 0.3 is 11.8 Å². The average molecular weight is 419 g/mol. The number of nitrogens with zero attached hydrogens (tertiary/aromatic N) is 1. The van der Waals surface area contributed by atoms with E-state index in [4.69, 9.17) is 0 Å². The number of fused-ring (bicyclic) bond motifs is 1. The summed E-state index contributed by atoms with van der Waals surface area (Å²) in [5, 5.41) is 6.22. The van der Waals surface area contributed by atoms with Crippen LogP contribution in [0.4, 0.5) is 10.1 Å². The first-order valence-corrected chi connectivity index (χ1v) is 10.1. The van der Waals surface area contributed by atoms with Gasteiger partial charge in [0.2, 0.25) is 0 Å². The van der Waals surface area contributed by atoms with E-state index in [1.807, 2.05) is 6.08 Å². The summed E-state index contributed by atoms with van der Waals surface area (Å²) >= 11 is 0. The van der Waals surface area contributed by atoms with Crippen LogP contribution in [-0.4, -0.2) is 22.4 Å². The lowest BCUT2D eigenvalue weighted by atomic mass is 9.90. The summed E-state index contributed by atoms with van der Waals surface area (Å²) in [6.45, 7) is 0. The van der Waals surface area contributed by atoms with Crippen LogP contribution in [0.25, 0.3) is 16.5 Å². The minimum Gasteiger partial charge on any atom is -0.345 e. The lowest BCUT2D eigenvalue weighted by molar-refractivity contribution is -0.136. The largest absolute Gasteiger partial charge is 0.345 e. The Morgan fingerprint density at radius 2 is 1.77 bits per heavy atom. The van der Waals surface area contributed by atoms with Crippen LogP contribution in [0, 0.1) is 5.82 Å². The molecule has 0 fully saturated rings. The number of carbonyl (C=O) groups is 2. The van der Waals surface area contributed by atoms with E-state index in [0.29, 0.717) is 24.0 Å². The third-order valence-corrected chi connectivity index (χ3v) is 5.55. The highest BCUT2D eigenvalue weighted by molar-refractivity contribution is 6.39. The van der Waals surface area contributed by atoms with Crippen molar-refractivity contribution < 1.29 is 14.0 Å². The van der Waals surface area contributed by atoms with Gasteiger partial charge in [-0.25, -0.2) is 4.39 Å². The second-order valence-electron chi connectivity index (χ2n) is 7.64. The summed E-state index contributed by atoms with van der Waals surface area (Å²) in [5.41, 5.74) is 3.03. The number of carbonyl (C=O) groups excluding carboxylic acids is 2. The Morgan fingerprint density at radius 1 is 1.03 bits per heavy atom. The topological polar surface area (TPSA) is 80.2 Å². The Balaban J connectivity index is 1.37. The van der Waals surface area contributed by atoms with E-state index >= 15 is 0 Å². The number of rotatable bonds is 3. The first-order valence-electron chi connectivity index (χ1n) is 10.1. The number of nitrogens with one attached hydrogen (secondary N) is 2. The smallest absolute Gasteiger partial charge is 0.313 e. The van der Waals surface area contributed by atoms with E-state index in [-0.39, 0.29) is 17.4 Å².